The summed E-state index contributed by atoms with van der Waals surface area (Å²) in [5, 5.41) is 0. The summed E-state index contributed by atoms with van der Waals surface area (Å²) in [7, 11) is 2.13. The zero-order valence-corrected chi connectivity index (χ0v) is 7.65. The second-order valence-corrected chi connectivity index (χ2v) is 3.55. The fourth-order valence-electron chi connectivity index (χ4n) is 1.15. The van der Waals surface area contributed by atoms with Gasteiger partial charge >= 0.3 is 0 Å². The summed E-state index contributed by atoms with van der Waals surface area (Å²) in [6.07, 6.45) is 0. The van der Waals surface area contributed by atoms with Gasteiger partial charge in [0.1, 0.15) is 0 Å². The van der Waals surface area contributed by atoms with E-state index in [9.17, 15) is 0 Å². The molecular weight excluding hydrogens is 122 g/mol. The highest BCUT2D eigenvalue weighted by Gasteiger charge is 1.99. The van der Waals surface area contributed by atoms with Crippen LogP contribution in [0, 0.1) is 5.92 Å². The molecule has 0 saturated heterocycles. The average molecular weight is 141 g/mol. The Morgan fingerprint density at radius 1 is 1.50 bits per heavy atom. The maximum atomic E-state index is 3.86. The summed E-state index contributed by atoms with van der Waals surface area (Å²) >= 11 is 0. The summed E-state index contributed by atoms with van der Waals surface area (Å²) in [6.45, 7) is 12.6. The number of hydrogen-bond donors (Lipinski definition) is 0. The Labute approximate surface area is 64.7 Å². The topological polar surface area (TPSA) is 3.24 Å². The number of rotatable bonds is 4. The van der Waals surface area contributed by atoms with Gasteiger partial charge in [-0.05, 0) is 19.9 Å². The predicted octanol–water partition coefficient (Wildman–Crippen LogP) is 2.15. The third-order valence-electron chi connectivity index (χ3n) is 1.22. The van der Waals surface area contributed by atoms with Crippen molar-refractivity contribution in [3.8, 4) is 0 Å². The van der Waals surface area contributed by atoms with Gasteiger partial charge in [-0.1, -0.05) is 26.0 Å². The lowest BCUT2D eigenvalue weighted by Crippen LogP contribution is -2.24. The van der Waals surface area contributed by atoms with Crippen molar-refractivity contribution in [1.82, 2.24) is 4.90 Å². The van der Waals surface area contributed by atoms with Crippen molar-refractivity contribution in [2.24, 2.45) is 5.92 Å². The Kier molecular flexibility index (Phi) is 4.37. The molecular formula is C9H19N. The molecule has 0 radical (unpaired) electrons. The summed E-state index contributed by atoms with van der Waals surface area (Å²) < 4.78 is 0. The van der Waals surface area contributed by atoms with Crippen molar-refractivity contribution in [2.75, 3.05) is 20.1 Å². The smallest absolute Gasteiger partial charge is 0.0184 e. The van der Waals surface area contributed by atoms with Crippen molar-refractivity contribution < 1.29 is 0 Å². The fourth-order valence-corrected chi connectivity index (χ4v) is 1.15. The first kappa shape index (κ1) is 9.70. The molecule has 1 heteroatoms. The maximum absolute atomic E-state index is 3.86. The highest BCUT2D eigenvalue weighted by Crippen LogP contribution is 1.98. The molecule has 0 atom stereocenters. The van der Waals surface area contributed by atoms with Crippen LogP contribution in [0.2, 0.25) is 0 Å². The first-order valence-corrected chi connectivity index (χ1v) is 3.85. The second-order valence-electron chi connectivity index (χ2n) is 3.55. The molecule has 0 aliphatic rings. The van der Waals surface area contributed by atoms with Crippen molar-refractivity contribution in [3.05, 3.63) is 12.2 Å². The third kappa shape index (κ3) is 5.83. The molecule has 0 fully saturated rings. The Morgan fingerprint density at radius 2 is 2.00 bits per heavy atom. The molecule has 0 aromatic heterocycles. The monoisotopic (exact) mass is 141 g/mol. The molecule has 0 aromatic rings. The van der Waals surface area contributed by atoms with Gasteiger partial charge in [0.05, 0.1) is 0 Å². The van der Waals surface area contributed by atoms with Crippen LogP contribution in [0.15, 0.2) is 12.2 Å². The molecule has 0 unspecified atom stereocenters. The molecule has 0 rings (SSSR count). The molecule has 0 bridgehead atoms. The van der Waals surface area contributed by atoms with Crippen molar-refractivity contribution in [1.29, 1.82) is 0 Å². The van der Waals surface area contributed by atoms with Crippen LogP contribution in [0.1, 0.15) is 20.8 Å². The predicted molar refractivity (Wildman–Crippen MR) is 47.1 cm³/mol. The molecule has 0 N–H and O–H groups in total. The van der Waals surface area contributed by atoms with Gasteiger partial charge in [-0.2, -0.15) is 0 Å². The second kappa shape index (κ2) is 4.51. The SMILES string of the molecule is C=C(C)CN(C)CC(C)C. The number of hydrogen-bond acceptors (Lipinski definition) is 1. The Hall–Kier alpha value is -0.300. The highest BCUT2D eigenvalue weighted by atomic mass is 15.1. The van der Waals surface area contributed by atoms with E-state index < -0.39 is 0 Å². The van der Waals surface area contributed by atoms with Crippen LogP contribution in [0.25, 0.3) is 0 Å². The van der Waals surface area contributed by atoms with Crippen molar-refractivity contribution in [2.45, 2.75) is 20.8 Å². The largest absolute Gasteiger partial charge is 0.302 e. The maximum Gasteiger partial charge on any atom is 0.0184 e. The third-order valence-corrected chi connectivity index (χ3v) is 1.22. The summed E-state index contributed by atoms with van der Waals surface area (Å²) in [5.74, 6) is 0.754. The lowest BCUT2D eigenvalue weighted by Gasteiger charge is -2.18. The summed E-state index contributed by atoms with van der Waals surface area (Å²) in [6, 6.07) is 0. The van der Waals surface area contributed by atoms with E-state index in [4.69, 9.17) is 0 Å². The van der Waals surface area contributed by atoms with E-state index in [2.05, 4.69) is 39.3 Å². The lowest BCUT2D eigenvalue weighted by molar-refractivity contribution is 0.318. The van der Waals surface area contributed by atoms with Crippen molar-refractivity contribution >= 4 is 0 Å². The highest BCUT2D eigenvalue weighted by molar-refractivity contribution is 4.90. The van der Waals surface area contributed by atoms with Gasteiger partial charge in [0.25, 0.3) is 0 Å². The lowest BCUT2D eigenvalue weighted by atomic mass is 10.2. The van der Waals surface area contributed by atoms with E-state index in [0.29, 0.717) is 0 Å². The van der Waals surface area contributed by atoms with Crippen LogP contribution in [-0.4, -0.2) is 25.0 Å². The van der Waals surface area contributed by atoms with Crippen molar-refractivity contribution in [3.63, 3.8) is 0 Å². The number of nitrogens with zero attached hydrogens (tertiary/aromatic N) is 1. The van der Waals surface area contributed by atoms with E-state index in [1.807, 2.05) is 0 Å². The first-order chi connectivity index (χ1) is 4.52. The first-order valence-electron chi connectivity index (χ1n) is 3.85. The van der Waals surface area contributed by atoms with Crippen LogP contribution in [-0.2, 0) is 0 Å². The van der Waals surface area contributed by atoms with Gasteiger partial charge in [0.15, 0.2) is 0 Å². The Balaban J connectivity index is 3.43. The Bertz CT molecular complexity index is 105. The van der Waals surface area contributed by atoms with Crippen LogP contribution < -0.4 is 0 Å². The summed E-state index contributed by atoms with van der Waals surface area (Å²) in [4.78, 5) is 2.30. The molecule has 0 spiro atoms. The Morgan fingerprint density at radius 3 is 2.30 bits per heavy atom. The van der Waals surface area contributed by atoms with Gasteiger partial charge in [-0.15, -0.1) is 0 Å². The van der Waals surface area contributed by atoms with Gasteiger partial charge in [-0.3, -0.25) is 0 Å². The van der Waals surface area contributed by atoms with Gasteiger partial charge in [0, 0.05) is 13.1 Å². The van der Waals surface area contributed by atoms with Crippen LogP contribution in [0.5, 0.6) is 0 Å². The molecule has 1 nitrogen and oxygen atoms in total. The number of likely N-dealkylation sites (N-methyl/N-ethyl adjacent to an activating group) is 1. The minimum atomic E-state index is 0.754. The molecule has 0 aromatic carbocycles. The van der Waals surface area contributed by atoms with Gasteiger partial charge in [0.2, 0.25) is 0 Å². The van der Waals surface area contributed by atoms with Gasteiger partial charge in [-0.25, -0.2) is 0 Å². The molecule has 0 aliphatic carbocycles. The average Bonchev–Trinajstić information content (AvgIpc) is 1.58. The van der Waals surface area contributed by atoms with E-state index in [0.717, 1.165) is 19.0 Å². The zero-order chi connectivity index (χ0) is 8.15. The minimum Gasteiger partial charge on any atom is -0.302 e. The van der Waals surface area contributed by atoms with E-state index in [1.54, 1.807) is 0 Å². The summed E-state index contributed by atoms with van der Waals surface area (Å²) in [5.41, 5.74) is 1.24. The zero-order valence-electron chi connectivity index (χ0n) is 7.65. The van der Waals surface area contributed by atoms with E-state index >= 15 is 0 Å². The molecule has 10 heavy (non-hydrogen) atoms. The molecule has 0 amide bonds. The normalized spacial score (nSPS) is 11.0. The standard InChI is InChI=1S/C9H19N/c1-8(2)6-10(5)7-9(3)4/h9H,1,6-7H2,2-5H3. The molecule has 60 valence electrons. The van der Waals surface area contributed by atoms with E-state index in [1.165, 1.54) is 5.57 Å². The van der Waals surface area contributed by atoms with E-state index in [-0.39, 0.29) is 0 Å². The van der Waals surface area contributed by atoms with Crippen LogP contribution in [0.3, 0.4) is 0 Å². The minimum absolute atomic E-state index is 0.754. The van der Waals surface area contributed by atoms with Gasteiger partial charge < -0.3 is 4.90 Å². The quantitative estimate of drug-likeness (QED) is 0.542. The van der Waals surface area contributed by atoms with Crippen LogP contribution in [0.4, 0.5) is 0 Å². The molecule has 0 aliphatic heterocycles. The van der Waals surface area contributed by atoms with Crippen LogP contribution >= 0.6 is 0 Å². The molecule has 0 heterocycles. The molecule has 0 saturated carbocycles. The fraction of sp³-hybridized carbons (Fsp3) is 0.778.